The number of hydrogen-bond donors (Lipinski definition) is 2. The number of carboxylic acids is 1. The summed E-state index contributed by atoms with van der Waals surface area (Å²) >= 11 is 5.38. The van der Waals surface area contributed by atoms with Crippen LogP contribution in [0.15, 0.2) is 29.2 Å². The highest BCUT2D eigenvalue weighted by Gasteiger charge is 2.30. The summed E-state index contributed by atoms with van der Waals surface area (Å²) in [7, 11) is -1.33. The van der Waals surface area contributed by atoms with Crippen LogP contribution in [0.1, 0.15) is 24.8 Å². The molecule has 1 aliphatic rings. The second-order valence-electron chi connectivity index (χ2n) is 4.99. The Morgan fingerprint density at radius 2 is 2.10 bits per heavy atom. The predicted molar refractivity (Wildman–Crippen MR) is 79.6 cm³/mol. The minimum atomic E-state index is -1.33. The lowest BCUT2D eigenvalue weighted by Crippen LogP contribution is -2.32. The maximum Gasteiger partial charge on any atom is 0.322 e. The Morgan fingerprint density at radius 3 is 2.57 bits per heavy atom. The van der Waals surface area contributed by atoms with Crippen molar-refractivity contribution in [1.29, 1.82) is 0 Å². The first-order chi connectivity index (χ1) is 10.0. The van der Waals surface area contributed by atoms with Gasteiger partial charge in [0, 0.05) is 11.3 Å². The Labute approximate surface area is 130 Å². The van der Waals surface area contributed by atoms with Gasteiger partial charge in [-0.3, -0.25) is 13.8 Å². The van der Waals surface area contributed by atoms with Crippen molar-refractivity contribution < 1.29 is 18.9 Å². The number of hydrogen-bond acceptors (Lipinski definition) is 4. The molecule has 0 aromatic heterocycles. The fourth-order valence-corrected chi connectivity index (χ4v) is 3.98. The third kappa shape index (κ3) is 3.90. The zero-order chi connectivity index (χ0) is 15.4. The van der Waals surface area contributed by atoms with Crippen molar-refractivity contribution in [1.82, 2.24) is 4.84 Å². The maximum absolute atomic E-state index is 12.3. The fourth-order valence-electron chi connectivity index (χ4n) is 2.34. The van der Waals surface area contributed by atoms with E-state index in [1.54, 1.807) is 24.3 Å². The normalized spacial score (nSPS) is 21.2. The zero-order valence-electron chi connectivity index (χ0n) is 11.3. The number of benzene rings is 1. The van der Waals surface area contributed by atoms with Crippen LogP contribution in [0, 0.1) is 0 Å². The van der Waals surface area contributed by atoms with E-state index in [-0.39, 0.29) is 12.2 Å². The predicted octanol–water partition coefficient (Wildman–Crippen LogP) is 1.65. The van der Waals surface area contributed by atoms with E-state index in [1.807, 2.05) is 0 Å². The summed E-state index contributed by atoms with van der Waals surface area (Å²) in [5.74, 6) is -0.969. The Morgan fingerprint density at radius 1 is 1.43 bits per heavy atom. The molecule has 0 saturated heterocycles. The molecule has 0 bridgehead atoms. The minimum absolute atomic E-state index is 0.0645. The standard InChI is InChI=1S/C14H16ClNO4S/c15-16-11(14(18)19)8-9-4-6-10(7-5-9)21(20)13-3-1-2-12(13)17/h4-7,11,13,16H,1-3,8H2,(H,18,19). The van der Waals surface area contributed by atoms with Crippen molar-refractivity contribution in [3.05, 3.63) is 29.8 Å². The average molecular weight is 330 g/mol. The summed E-state index contributed by atoms with van der Waals surface area (Å²) in [6.07, 6.45) is 2.21. The van der Waals surface area contributed by atoms with E-state index in [9.17, 15) is 13.8 Å². The van der Waals surface area contributed by atoms with Crippen LogP contribution in [0.5, 0.6) is 0 Å². The van der Waals surface area contributed by atoms with Gasteiger partial charge in [-0.05, 0) is 48.7 Å². The van der Waals surface area contributed by atoms with E-state index in [4.69, 9.17) is 16.9 Å². The van der Waals surface area contributed by atoms with Crippen molar-refractivity contribution >= 4 is 34.3 Å². The molecule has 3 unspecified atom stereocenters. The molecule has 1 aromatic rings. The van der Waals surface area contributed by atoms with Crippen LogP contribution < -0.4 is 4.84 Å². The van der Waals surface area contributed by atoms with Crippen LogP contribution in [0.4, 0.5) is 0 Å². The van der Waals surface area contributed by atoms with Crippen LogP contribution in [0.3, 0.4) is 0 Å². The van der Waals surface area contributed by atoms with E-state index >= 15 is 0 Å². The average Bonchev–Trinajstić information content (AvgIpc) is 2.90. The summed E-state index contributed by atoms with van der Waals surface area (Å²) in [5, 5.41) is 8.52. The minimum Gasteiger partial charge on any atom is -0.480 e. The maximum atomic E-state index is 12.3. The van der Waals surface area contributed by atoms with Gasteiger partial charge in [0.15, 0.2) is 0 Å². The van der Waals surface area contributed by atoms with Gasteiger partial charge in [0.05, 0.1) is 16.0 Å². The van der Waals surface area contributed by atoms with Gasteiger partial charge in [-0.2, -0.15) is 0 Å². The lowest BCUT2D eigenvalue weighted by atomic mass is 10.1. The molecule has 2 rings (SSSR count). The van der Waals surface area contributed by atoms with Crippen LogP contribution in [-0.2, 0) is 26.8 Å². The first kappa shape index (κ1) is 16.1. The first-order valence-electron chi connectivity index (χ1n) is 6.64. The van der Waals surface area contributed by atoms with Crippen molar-refractivity contribution in [2.45, 2.75) is 41.9 Å². The molecule has 5 nitrogen and oxygen atoms in total. The third-order valence-electron chi connectivity index (χ3n) is 3.53. The molecule has 21 heavy (non-hydrogen) atoms. The number of carbonyl (C=O) groups is 2. The molecule has 3 atom stereocenters. The second-order valence-corrected chi connectivity index (χ2v) is 6.85. The number of rotatable bonds is 6. The Balaban J connectivity index is 2.06. The molecule has 0 aliphatic heterocycles. The Kier molecular flexibility index (Phi) is 5.50. The molecule has 1 fully saturated rings. The van der Waals surface area contributed by atoms with Crippen LogP contribution in [0.2, 0.25) is 0 Å². The van der Waals surface area contributed by atoms with Gasteiger partial charge < -0.3 is 5.11 Å². The largest absolute Gasteiger partial charge is 0.480 e. The molecule has 1 aliphatic carbocycles. The van der Waals surface area contributed by atoms with Crippen LogP contribution in [-0.4, -0.2) is 32.4 Å². The molecule has 0 amide bonds. The molecule has 0 spiro atoms. The highest BCUT2D eigenvalue weighted by atomic mass is 35.5. The number of carbonyl (C=O) groups excluding carboxylic acids is 1. The highest BCUT2D eigenvalue weighted by Crippen LogP contribution is 2.24. The summed E-state index contributed by atoms with van der Waals surface area (Å²) in [6.45, 7) is 0. The monoisotopic (exact) mass is 329 g/mol. The van der Waals surface area contributed by atoms with Gasteiger partial charge in [0.1, 0.15) is 11.8 Å². The van der Waals surface area contributed by atoms with Crippen molar-refractivity contribution in [2.24, 2.45) is 0 Å². The molecule has 2 N–H and O–H groups in total. The number of ketones is 1. The third-order valence-corrected chi connectivity index (χ3v) is 5.55. The summed E-state index contributed by atoms with van der Waals surface area (Å²) in [6, 6.07) is 5.93. The summed E-state index contributed by atoms with van der Waals surface area (Å²) < 4.78 is 12.3. The molecule has 1 aromatic carbocycles. The molecule has 1 saturated carbocycles. The molecule has 0 radical (unpaired) electrons. The molecular formula is C14H16ClNO4S. The lowest BCUT2D eigenvalue weighted by Gasteiger charge is -2.11. The Hall–Kier alpha value is -1.24. The van der Waals surface area contributed by atoms with Crippen LogP contribution in [0.25, 0.3) is 0 Å². The number of Topliss-reactive ketones (excluding diaryl/α,β-unsaturated/α-hetero) is 1. The van der Waals surface area contributed by atoms with Gasteiger partial charge in [-0.25, -0.2) is 4.84 Å². The first-order valence-corrected chi connectivity index (χ1v) is 8.23. The van der Waals surface area contributed by atoms with E-state index in [2.05, 4.69) is 4.84 Å². The SMILES string of the molecule is O=C(O)C(Cc1ccc(S(=O)C2CCCC2=O)cc1)NCl. The topological polar surface area (TPSA) is 83.5 Å². The van der Waals surface area contributed by atoms with Gasteiger partial charge in [0.2, 0.25) is 0 Å². The fraction of sp³-hybridized carbons (Fsp3) is 0.429. The van der Waals surface area contributed by atoms with E-state index in [0.717, 1.165) is 12.0 Å². The number of nitrogens with one attached hydrogen (secondary N) is 1. The molecular weight excluding hydrogens is 314 g/mol. The molecule has 0 heterocycles. The molecule has 114 valence electrons. The van der Waals surface area contributed by atoms with Crippen molar-refractivity contribution in [3.63, 3.8) is 0 Å². The zero-order valence-corrected chi connectivity index (χ0v) is 12.8. The van der Waals surface area contributed by atoms with Gasteiger partial charge in [0.25, 0.3) is 0 Å². The van der Waals surface area contributed by atoms with Crippen molar-refractivity contribution in [3.8, 4) is 0 Å². The quantitative estimate of drug-likeness (QED) is 0.775. The lowest BCUT2D eigenvalue weighted by molar-refractivity contribution is -0.138. The summed E-state index contributed by atoms with van der Waals surface area (Å²) in [5.41, 5.74) is 0.772. The van der Waals surface area contributed by atoms with E-state index in [1.165, 1.54) is 0 Å². The second kappa shape index (κ2) is 7.15. The van der Waals surface area contributed by atoms with Gasteiger partial charge >= 0.3 is 5.97 Å². The highest BCUT2D eigenvalue weighted by molar-refractivity contribution is 7.86. The van der Waals surface area contributed by atoms with E-state index in [0.29, 0.717) is 17.7 Å². The van der Waals surface area contributed by atoms with E-state index < -0.39 is 28.1 Å². The van der Waals surface area contributed by atoms with Gasteiger partial charge in [-0.1, -0.05) is 12.1 Å². The number of aliphatic carboxylic acids is 1. The van der Waals surface area contributed by atoms with Crippen LogP contribution >= 0.6 is 11.8 Å². The number of carboxylic acid groups (broad SMARTS) is 1. The number of halogens is 1. The smallest absolute Gasteiger partial charge is 0.322 e. The Bertz CT molecular complexity index is 561. The van der Waals surface area contributed by atoms with Crippen molar-refractivity contribution in [2.75, 3.05) is 0 Å². The van der Waals surface area contributed by atoms with Gasteiger partial charge in [-0.15, -0.1) is 0 Å². The molecule has 7 heteroatoms. The summed E-state index contributed by atoms with van der Waals surface area (Å²) in [4.78, 5) is 25.3.